The normalized spacial score (nSPS) is 26.6. The minimum atomic E-state index is -3.04. The third-order valence-electron chi connectivity index (χ3n) is 3.19. The van der Waals surface area contributed by atoms with E-state index in [1.165, 1.54) is 13.1 Å². The highest BCUT2D eigenvalue weighted by Crippen LogP contribution is 2.39. The van der Waals surface area contributed by atoms with Gasteiger partial charge in [0.2, 0.25) is 0 Å². The van der Waals surface area contributed by atoms with Gasteiger partial charge in [0, 0.05) is 6.42 Å². The number of carbonyl (C=O) groups excluding carboxylic acids is 1. The van der Waals surface area contributed by atoms with Gasteiger partial charge in [-0.15, -0.1) is 0 Å². The van der Waals surface area contributed by atoms with Crippen LogP contribution in [0.4, 0.5) is 13.6 Å². The Morgan fingerprint density at radius 3 is 2.26 bits per heavy atom. The van der Waals surface area contributed by atoms with E-state index in [1.54, 1.807) is 41.5 Å². The van der Waals surface area contributed by atoms with Crippen LogP contribution in [0.25, 0.3) is 0 Å². The summed E-state index contributed by atoms with van der Waals surface area (Å²) in [6, 6.07) is 0. The van der Waals surface area contributed by atoms with Gasteiger partial charge in [-0.1, -0.05) is 4.40 Å². The molecule has 0 bridgehead atoms. The van der Waals surface area contributed by atoms with Crippen LogP contribution in [0, 0.1) is 0 Å². The molecule has 8 heteroatoms. The molecular formula is C15H26F2N2O3S. The Bertz CT molecular complexity index is 486. The van der Waals surface area contributed by atoms with Crippen molar-refractivity contribution in [3.63, 3.8) is 0 Å². The topological polar surface area (TPSA) is 65.0 Å². The molecule has 2 unspecified atom stereocenters. The molecule has 1 heterocycles. The molecule has 23 heavy (non-hydrogen) atoms. The third-order valence-corrected chi connectivity index (χ3v) is 4.53. The number of rotatable bonds is 2. The SMILES string of the molecule is CC(C)(C)OC(=O)N1CC(F)(F)CC1(C)C=N[S+]([O-])C(C)(C)C. The first-order valence-corrected chi connectivity index (χ1v) is 8.52. The molecule has 1 saturated heterocycles. The Morgan fingerprint density at radius 1 is 1.30 bits per heavy atom. The molecule has 0 aromatic rings. The van der Waals surface area contributed by atoms with Gasteiger partial charge in [-0.25, -0.2) is 13.6 Å². The van der Waals surface area contributed by atoms with Crippen molar-refractivity contribution in [1.29, 1.82) is 0 Å². The molecule has 1 fully saturated rings. The summed E-state index contributed by atoms with van der Waals surface area (Å²) in [5.41, 5.74) is -2.13. The zero-order valence-corrected chi connectivity index (χ0v) is 15.6. The molecule has 0 radical (unpaired) electrons. The fourth-order valence-electron chi connectivity index (χ4n) is 2.11. The number of amides is 1. The monoisotopic (exact) mass is 352 g/mol. The van der Waals surface area contributed by atoms with Crippen LogP contribution in [0.15, 0.2) is 4.40 Å². The zero-order chi connectivity index (χ0) is 18.3. The van der Waals surface area contributed by atoms with E-state index < -0.39 is 52.2 Å². The first-order valence-electron chi connectivity index (χ1n) is 7.41. The van der Waals surface area contributed by atoms with E-state index in [1.807, 2.05) is 0 Å². The smallest absolute Gasteiger partial charge is 0.411 e. The summed E-state index contributed by atoms with van der Waals surface area (Å²) >= 11 is -1.59. The maximum Gasteiger partial charge on any atom is 0.411 e. The van der Waals surface area contributed by atoms with Crippen LogP contribution >= 0.6 is 0 Å². The Hall–Kier alpha value is -0.890. The van der Waals surface area contributed by atoms with Gasteiger partial charge in [-0.2, -0.15) is 0 Å². The van der Waals surface area contributed by atoms with Crippen LogP contribution < -0.4 is 0 Å². The van der Waals surface area contributed by atoms with Crippen LogP contribution in [0.2, 0.25) is 0 Å². The lowest BCUT2D eigenvalue weighted by atomic mass is 10.00. The third kappa shape index (κ3) is 5.60. The highest BCUT2D eigenvalue weighted by atomic mass is 32.2. The highest BCUT2D eigenvalue weighted by Gasteiger charge is 2.55. The van der Waals surface area contributed by atoms with Gasteiger partial charge in [0.15, 0.2) is 0 Å². The summed E-state index contributed by atoms with van der Waals surface area (Å²) in [7, 11) is 0. The van der Waals surface area contributed by atoms with Crippen molar-refractivity contribution in [2.24, 2.45) is 4.40 Å². The van der Waals surface area contributed by atoms with Crippen molar-refractivity contribution in [1.82, 2.24) is 4.90 Å². The minimum Gasteiger partial charge on any atom is -0.591 e. The Kier molecular flexibility index (Phi) is 5.43. The van der Waals surface area contributed by atoms with Crippen LogP contribution in [-0.2, 0) is 16.1 Å². The number of likely N-dealkylation sites (tertiary alicyclic amines) is 1. The molecular weight excluding hydrogens is 326 g/mol. The quantitative estimate of drug-likeness (QED) is 0.564. The number of hydrogen-bond acceptors (Lipinski definition) is 4. The number of hydrogen-bond donors (Lipinski definition) is 0. The lowest BCUT2D eigenvalue weighted by molar-refractivity contribution is -0.00273. The van der Waals surface area contributed by atoms with Crippen molar-refractivity contribution < 1.29 is 22.9 Å². The van der Waals surface area contributed by atoms with Crippen molar-refractivity contribution >= 4 is 23.7 Å². The van der Waals surface area contributed by atoms with E-state index >= 15 is 0 Å². The summed E-state index contributed by atoms with van der Waals surface area (Å²) in [5, 5.41) is 0. The fraction of sp³-hybridized carbons (Fsp3) is 0.867. The molecule has 134 valence electrons. The molecule has 5 nitrogen and oxygen atoms in total. The van der Waals surface area contributed by atoms with E-state index in [2.05, 4.69) is 4.40 Å². The Labute approximate surface area is 139 Å². The summed E-state index contributed by atoms with van der Waals surface area (Å²) in [4.78, 5) is 13.2. The van der Waals surface area contributed by atoms with Crippen molar-refractivity contribution in [2.75, 3.05) is 6.54 Å². The largest absolute Gasteiger partial charge is 0.591 e. The minimum absolute atomic E-state index is 0.579. The standard InChI is InChI=1S/C15H26F2N2O3S/c1-12(2,3)22-11(20)19-10-15(16,17)8-14(19,7)9-18-23(21)13(4,5)6/h9H,8,10H2,1-7H3. The van der Waals surface area contributed by atoms with Crippen molar-refractivity contribution in [2.45, 2.75) is 76.7 Å². The summed E-state index contributed by atoms with van der Waals surface area (Å²) in [6.45, 7) is 10.9. The summed E-state index contributed by atoms with van der Waals surface area (Å²) in [5.74, 6) is -3.04. The van der Waals surface area contributed by atoms with Crippen LogP contribution in [0.1, 0.15) is 54.9 Å². The number of carbonyl (C=O) groups is 1. The first kappa shape index (κ1) is 20.2. The van der Waals surface area contributed by atoms with E-state index in [4.69, 9.17) is 4.74 Å². The Morgan fingerprint density at radius 2 is 1.83 bits per heavy atom. The maximum absolute atomic E-state index is 13.9. The summed E-state index contributed by atoms with van der Waals surface area (Å²) in [6.07, 6.45) is -0.214. The maximum atomic E-state index is 13.9. The average Bonchev–Trinajstić information content (AvgIpc) is 2.53. The fourth-order valence-corrected chi connectivity index (χ4v) is 2.75. The molecule has 0 saturated carbocycles. The van der Waals surface area contributed by atoms with Gasteiger partial charge in [0.05, 0.1) is 18.3 Å². The molecule has 1 amide bonds. The van der Waals surface area contributed by atoms with Crippen molar-refractivity contribution in [3.8, 4) is 0 Å². The predicted molar refractivity (Wildman–Crippen MR) is 87.3 cm³/mol. The van der Waals surface area contributed by atoms with E-state index in [0.717, 1.165) is 4.90 Å². The number of halogens is 2. The van der Waals surface area contributed by atoms with E-state index in [9.17, 15) is 18.1 Å². The van der Waals surface area contributed by atoms with Gasteiger partial charge in [-0.3, -0.25) is 4.90 Å². The molecule has 0 aromatic carbocycles. The zero-order valence-electron chi connectivity index (χ0n) is 14.8. The second kappa shape index (κ2) is 6.20. The second-order valence-corrected chi connectivity index (χ2v) is 9.99. The molecule has 0 aliphatic carbocycles. The van der Waals surface area contributed by atoms with Gasteiger partial charge in [0.25, 0.3) is 5.92 Å². The van der Waals surface area contributed by atoms with Crippen LogP contribution in [-0.4, -0.2) is 50.1 Å². The van der Waals surface area contributed by atoms with Crippen molar-refractivity contribution in [3.05, 3.63) is 0 Å². The van der Waals surface area contributed by atoms with E-state index in [-0.39, 0.29) is 0 Å². The number of alkyl halides is 2. The van der Waals surface area contributed by atoms with Gasteiger partial charge >= 0.3 is 6.09 Å². The molecule has 1 rings (SSSR count). The van der Waals surface area contributed by atoms with Gasteiger partial charge in [-0.05, 0) is 48.5 Å². The lowest BCUT2D eigenvalue weighted by Gasteiger charge is -2.32. The number of nitrogens with zero attached hydrogens (tertiary/aromatic N) is 2. The average molecular weight is 352 g/mol. The predicted octanol–water partition coefficient (Wildman–Crippen LogP) is 3.55. The lowest BCUT2D eigenvalue weighted by Crippen LogP contribution is -2.48. The van der Waals surface area contributed by atoms with E-state index in [0.29, 0.717) is 0 Å². The van der Waals surface area contributed by atoms with Gasteiger partial charge < -0.3 is 9.29 Å². The molecule has 2 atom stereocenters. The van der Waals surface area contributed by atoms with Gasteiger partial charge in [0.1, 0.15) is 21.7 Å². The molecule has 0 aromatic heterocycles. The highest BCUT2D eigenvalue weighted by molar-refractivity contribution is 7.91. The molecule has 0 N–H and O–H groups in total. The summed E-state index contributed by atoms with van der Waals surface area (Å²) < 4.78 is 48.2. The second-order valence-electron chi connectivity index (χ2n) is 8.05. The first-order chi connectivity index (χ1) is 10.1. The van der Waals surface area contributed by atoms with Crippen LogP contribution in [0.5, 0.6) is 0 Å². The molecule has 0 spiro atoms. The Balaban J connectivity index is 3.04. The molecule has 1 aliphatic heterocycles. The van der Waals surface area contributed by atoms with Crippen LogP contribution in [0.3, 0.4) is 0 Å². The number of ether oxygens (including phenoxy) is 1. The molecule has 1 aliphatic rings.